The lowest BCUT2D eigenvalue weighted by Gasteiger charge is -2.21. The van der Waals surface area contributed by atoms with Gasteiger partial charge in [0.1, 0.15) is 5.15 Å². The summed E-state index contributed by atoms with van der Waals surface area (Å²) in [5.41, 5.74) is 1.18. The summed E-state index contributed by atoms with van der Waals surface area (Å²) in [5, 5.41) is 0.631. The van der Waals surface area contributed by atoms with Crippen LogP contribution in [0.15, 0.2) is 0 Å². The van der Waals surface area contributed by atoms with E-state index in [1.807, 2.05) is 0 Å². The van der Waals surface area contributed by atoms with Gasteiger partial charge in [-0.2, -0.15) is 4.98 Å². The molecule has 0 amide bonds. The monoisotopic (exact) mass is 377 g/mol. The number of hydrogen-bond donors (Lipinski definition) is 0. The fourth-order valence-electron chi connectivity index (χ4n) is 2.46. The molecule has 18 heavy (non-hydrogen) atoms. The zero-order valence-electron chi connectivity index (χ0n) is 10.3. The van der Waals surface area contributed by atoms with Gasteiger partial charge < -0.3 is 4.90 Å². The minimum atomic E-state index is 0.628. The molecule has 3 rings (SSSR count). The number of nitrogens with zero attached hydrogens (tertiary/aromatic N) is 3. The molecule has 0 bridgehead atoms. The van der Waals surface area contributed by atoms with E-state index in [4.69, 9.17) is 16.6 Å². The van der Waals surface area contributed by atoms with Crippen LogP contribution in [0.3, 0.4) is 0 Å². The Morgan fingerprint density at radius 1 is 1.06 bits per heavy atom. The normalized spacial score (nSPS) is 20.9. The first-order valence-corrected chi connectivity index (χ1v) is 8.19. The van der Waals surface area contributed by atoms with Gasteiger partial charge in [0.05, 0.1) is 9.26 Å². The summed E-state index contributed by atoms with van der Waals surface area (Å²) in [6, 6.07) is 0. The van der Waals surface area contributed by atoms with Gasteiger partial charge in [0.15, 0.2) is 0 Å². The van der Waals surface area contributed by atoms with Crippen LogP contribution >= 0.6 is 34.2 Å². The number of hydrogen-bond acceptors (Lipinski definition) is 3. The van der Waals surface area contributed by atoms with Crippen LogP contribution in [-0.4, -0.2) is 23.1 Å². The average molecular weight is 378 g/mol. The van der Waals surface area contributed by atoms with Crippen molar-refractivity contribution >= 4 is 40.1 Å². The van der Waals surface area contributed by atoms with Gasteiger partial charge in [-0.05, 0) is 48.3 Å². The van der Waals surface area contributed by atoms with Crippen molar-refractivity contribution in [3.8, 4) is 0 Å². The predicted molar refractivity (Wildman–Crippen MR) is 82.4 cm³/mol. The first kappa shape index (κ1) is 12.9. The number of aromatic nitrogens is 2. The summed E-state index contributed by atoms with van der Waals surface area (Å²) in [6.07, 6.45) is 7.64. The topological polar surface area (TPSA) is 29.0 Å². The third-order valence-electron chi connectivity index (χ3n) is 3.68. The van der Waals surface area contributed by atoms with Crippen LogP contribution in [0.1, 0.15) is 50.1 Å². The predicted octanol–water partition coefficient (Wildman–Crippen LogP) is 3.99. The van der Waals surface area contributed by atoms with E-state index in [9.17, 15) is 0 Å². The van der Waals surface area contributed by atoms with Crippen LogP contribution in [0.2, 0.25) is 5.15 Å². The molecule has 2 fully saturated rings. The Kier molecular flexibility index (Phi) is 3.94. The van der Waals surface area contributed by atoms with Crippen LogP contribution in [0.5, 0.6) is 0 Å². The van der Waals surface area contributed by atoms with E-state index in [0.29, 0.717) is 11.1 Å². The SMILES string of the molecule is Clc1nc(N2CCCCCC2)nc(C2CC2)c1I. The van der Waals surface area contributed by atoms with Crippen molar-refractivity contribution in [2.45, 2.75) is 44.4 Å². The van der Waals surface area contributed by atoms with Gasteiger partial charge in [-0.1, -0.05) is 24.4 Å². The minimum Gasteiger partial charge on any atom is -0.341 e. The molecule has 2 aliphatic rings. The molecule has 1 saturated heterocycles. The van der Waals surface area contributed by atoms with Crippen molar-refractivity contribution in [2.24, 2.45) is 0 Å². The molecule has 0 atom stereocenters. The molecule has 98 valence electrons. The average Bonchev–Trinajstić information content (AvgIpc) is 3.17. The molecule has 0 radical (unpaired) electrons. The van der Waals surface area contributed by atoms with Crippen LogP contribution in [0.25, 0.3) is 0 Å². The quantitative estimate of drug-likeness (QED) is 0.576. The number of rotatable bonds is 2. The van der Waals surface area contributed by atoms with E-state index < -0.39 is 0 Å². The lowest BCUT2D eigenvalue weighted by Crippen LogP contribution is -2.26. The first-order chi connectivity index (χ1) is 8.75. The Labute approximate surface area is 126 Å². The maximum absolute atomic E-state index is 6.27. The largest absolute Gasteiger partial charge is 0.341 e. The van der Waals surface area contributed by atoms with Gasteiger partial charge in [0.25, 0.3) is 0 Å². The van der Waals surface area contributed by atoms with Crippen molar-refractivity contribution in [3.63, 3.8) is 0 Å². The summed E-state index contributed by atoms with van der Waals surface area (Å²) in [7, 11) is 0. The molecule has 0 aromatic carbocycles. The van der Waals surface area contributed by atoms with Gasteiger partial charge in [-0.25, -0.2) is 4.98 Å². The van der Waals surface area contributed by atoms with Crippen molar-refractivity contribution < 1.29 is 0 Å². The van der Waals surface area contributed by atoms with Gasteiger partial charge >= 0.3 is 0 Å². The summed E-state index contributed by atoms with van der Waals surface area (Å²) in [6.45, 7) is 2.14. The lowest BCUT2D eigenvalue weighted by atomic mass is 10.2. The highest BCUT2D eigenvalue weighted by molar-refractivity contribution is 14.1. The van der Waals surface area contributed by atoms with Crippen LogP contribution in [0, 0.1) is 3.57 Å². The zero-order chi connectivity index (χ0) is 12.5. The molecule has 3 nitrogen and oxygen atoms in total. The van der Waals surface area contributed by atoms with E-state index in [2.05, 4.69) is 32.5 Å². The zero-order valence-corrected chi connectivity index (χ0v) is 13.2. The van der Waals surface area contributed by atoms with E-state index in [-0.39, 0.29) is 0 Å². The maximum Gasteiger partial charge on any atom is 0.227 e. The Morgan fingerprint density at radius 3 is 2.33 bits per heavy atom. The standard InChI is InChI=1S/C13H17ClIN3/c14-12-10(15)11(9-5-6-9)16-13(17-12)18-7-3-1-2-4-8-18/h9H,1-8H2. The molecular formula is C13H17ClIN3. The third kappa shape index (κ3) is 2.74. The van der Waals surface area contributed by atoms with Crippen molar-refractivity contribution in [1.29, 1.82) is 0 Å². The van der Waals surface area contributed by atoms with Gasteiger partial charge in [-0.15, -0.1) is 0 Å². The second-order valence-electron chi connectivity index (χ2n) is 5.19. The molecule has 0 unspecified atom stereocenters. The third-order valence-corrected chi connectivity index (χ3v) is 5.33. The Hall–Kier alpha value is -0.100. The highest BCUT2D eigenvalue weighted by Crippen LogP contribution is 2.42. The minimum absolute atomic E-state index is 0.628. The summed E-state index contributed by atoms with van der Waals surface area (Å²) in [4.78, 5) is 11.6. The summed E-state index contributed by atoms with van der Waals surface area (Å²) >= 11 is 8.55. The van der Waals surface area contributed by atoms with Gasteiger partial charge in [-0.3, -0.25) is 0 Å². The van der Waals surface area contributed by atoms with E-state index >= 15 is 0 Å². The highest BCUT2D eigenvalue weighted by Gasteiger charge is 2.30. The molecule has 1 saturated carbocycles. The second kappa shape index (κ2) is 5.49. The smallest absolute Gasteiger partial charge is 0.227 e. The molecule has 1 aliphatic heterocycles. The molecule has 1 aliphatic carbocycles. The maximum atomic E-state index is 6.27. The van der Waals surface area contributed by atoms with E-state index in [1.54, 1.807) is 0 Å². The Balaban J connectivity index is 1.90. The van der Waals surface area contributed by atoms with Gasteiger partial charge in [0.2, 0.25) is 5.95 Å². The molecule has 1 aromatic rings. The fourth-order valence-corrected chi connectivity index (χ4v) is 3.32. The van der Waals surface area contributed by atoms with Gasteiger partial charge in [0, 0.05) is 19.0 Å². The molecular weight excluding hydrogens is 361 g/mol. The van der Waals surface area contributed by atoms with Crippen LogP contribution in [-0.2, 0) is 0 Å². The molecule has 0 N–H and O–H groups in total. The van der Waals surface area contributed by atoms with E-state index in [1.165, 1.54) is 44.2 Å². The molecule has 1 aromatic heterocycles. The van der Waals surface area contributed by atoms with E-state index in [0.717, 1.165) is 22.6 Å². The summed E-state index contributed by atoms with van der Waals surface area (Å²) < 4.78 is 1.05. The Morgan fingerprint density at radius 2 is 1.72 bits per heavy atom. The molecule has 0 spiro atoms. The fraction of sp³-hybridized carbons (Fsp3) is 0.692. The number of anilines is 1. The van der Waals surface area contributed by atoms with Crippen LogP contribution in [0.4, 0.5) is 5.95 Å². The summed E-state index contributed by atoms with van der Waals surface area (Å²) in [5.74, 6) is 1.48. The van der Waals surface area contributed by atoms with Crippen molar-refractivity contribution in [1.82, 2.24) is 9.97 Å². The Bertz CT molecular complexity index is 440. The van der Waals surface area contributed by atoms with Crippen LogP contribution < -0.4 is 4.90 Å². The first-order valence-electron chi connectivity index (χ1n) is 6.73. The number of halogens is 2. The highest BCUT2D eigenvalue weighted by atomic mass is 127. The lowest BCUT2D eigenvalue weighted by molar-refractivity contribution is 0.726. The second-order valence-corrected chi connectivity index (χ2v) is 6.63. The van der Waals surface area contributed by atoms with Crippen molar-refractivity contribution in [3.05, 3.63) is 14.4 Å². The molecule has 5 heteroatoms. The van der Waals surface area contributed by atoms with Crippen molar-refractivity contribution in [2.75, 3.05) is 18.0 Å². The molecule has 2 heterocycles.